The van der Waals surface area contributed by atoms with E-state index >= 15 is 0 Å². The zero-order valence-corrected chi connectivity index (χ0v) is 24.9. The third-order valence-electron chi connectivity index (χ3n) is 11.7. The summed E-state index contributed by atoms with van der Waals surface area (Å²) in [5.41, 5.74) is 3.42. The van der Waals surface area contributed by atoms with Gasteiger partial charge in [-0.1, -0.05) is 77.7 Å². The van der Waals surface area contributed by atoms with Crippen LogP contribution in [0.15, 0.2) is 35.9 Å². The van der Waals surface area contributed by atoms with Crippen LogP contribution in [0.3, 0.4) is 0 Å². The van der Waals surface area contributed by atoms with Crippen LogP contribution in [0.5, 0.6) is 5.75 Å². The maximum absolute atomic E-state index is 12.5. The average molecular weight is 521 g/mol. The van der Waals surface area contributed by atoms with Gasteiger partial charge in [-0.05, 0) is 116 Å². The van der Waals surface area contributed by atoms with E-state index in [1.165, 1.54) is 51.4 Å². The van der Waals surface area contributed by atoms with Gasteiger partial charge in [0.15, 0.2) is 0 Å². The van der Waals surface area contributed by atoms with Gasteiger partial charge in [-0.25, -0.2) is 4.79 Å². The molecule has 0 aliphatic heterocycles. The van der Waals surface area contributed by atoms with Gasteiger partial charge in [0.05, 0.1) is 0 Å². The molecule has 0 saturated heterocycles. The molecule has 0 radical (unpaired) electrons. The number of hydrogen-bond acceptors (Lipinski definition) is 3. The number of aryl methyl sites for hydroxylation is 1. The Morgan fingerprint density at radius 1 is 1.03 bits per heavy atom. The van der Waals surface area contributed by atoms with Crippen molar-refractivity contribution in [3.05, 3.63) is 41.5 Å². The predicted octanol–water partition coefficient (Wildman–Crippen LogP) is 9.92. The molecule has 0 spiro atoms. The van der Waals surface area contributed by atoms with Gasteiger partial charge in [-0.15, -0.1) is 0 Å². The third-order valence-corrected chi connectivity index (χ3v) is 11.7. The molecule has 3 heteroatoms. The fourth-order valence-corrected chi connectivity index (χ4v) is 9.69. The normalized spacial score (nSPS) is 37.0. The molecule has 0 N–H and O–H groups in total. The van der Waals surface area contributed by atoms with Crippen LogP contribution in [-0.2, 0) is 4.74 Å². The van der Waals surface area contributed by atoms with Crippen molar-refractivity contribution >= 4 is 6.16 Å². The summed E-state index contributed by atoms with van der Waals surface area (Å²) in [5, 5.41) is 0. The average Bonchev–Trinajstić information content (AvgIpc) is 3.21. The van der Waals surface area contributed by atoms with Crippen molar-refractivity contribution in [2.45, 2.75) is 118 Å². The quantitative estimate of drug-likeness (QED) is 0.204. The van der Waals surface area contributed by atoms with Gasteiger partial charge in [0, 0.05) is 6.42 Å². The Hall–Kier alpha value is -1.77. The van der Waals surface area contributed by atoms with E-state index in [2.05, 4.69) is 40.7 Å². The third kappa shape index (κ3) is 5.33. The zero-order valence-electron chi connectivity index (χ0n) is 24.9. The van der Waals surface area contributed by atoms with Crippen LogP contribution in [0, 0.1) is 53.3 Å². The number of benzene rings is 1. The highest BCUT2D eigenvalue weighted by Crippen LogP contribution is 2.67. The van der Waals surface area contributed by atoms with Gasteiger partial charge in [0.2, 0.25) is 0 Å². The molecule has 0 bridgehead atoms. The summed E-state index contributed by atoms with van der Waals surface area (Å²) in [6.45, 7) is 14.5. The molecular formula is C35H52O3. The highest BCUT2D eigenvalue weighted by molar-refractivity contribution is 5.64. The Kier molecular flexibility index (Phi) is 8.05. The zero-order chi connectivity index (χ0) is 27.1. The van der Waals surface area contributed by atoms with E-state index in [1.807, 2.05) is 31.2 Å². The van der Waals surface area contributed by atoms with Crippen LogP contribution < -0.4 is 4.74 Å². The van der Waals surface area contributed by atoms with Crippen molar-refractivity contribution in [1.82, 2.24) is 0 Å². The molecule has 0 unspecified atom stereocenters. The molecule has 1 aromatic carbocycles. The Bertz CT molecular complexity index is 1030. The summed E-state index contributed by atoms with van der Waals surface area (Å²) in [5.74, 6) is 5.65. The second-order valence-corrected chi connectivity index (χ2v) is 14.4. The second kappa shape index (κ2) is 11.0. The summed E-state index contributed by atoms with van der Waals surface area (Å²) in [4.78, 5) is 12.5. The fraction of sp³-hybridized carbons (Fsp3) is 0.743. The van der Waals surface area contributed by atoms with E-state index in [1.54, 1.807) is 5.57 Å². The van der Waals surface area contributed by atoms with Crippen molar-refractivity contribution in [1.29, 1.82) is 0 Å². The smallest absolute Gasteiger partial charge is 0.430 e. The van der Waals surface area contributed by atoms with Gasteiger partial charge in [0.25, 0.3) is 0 Å². The number of fused-ring (bicyclic) bond motifs is 5. The molecule has 0 aromatic heterocycles. The summed E-state index contributed by atoms with van der Waals surface area (Å²) in [6, 6.07) is 7.59. The van der Waals surface area contributed by atoms with Gasteiger partial charge < -0.3 is 9.47 Å². The van der Waals surface area contributed by atoms with Gasteiger partial charge >= 0.3 is 6.16 Å². The highest BCUT2D eigenvalue weighted by atomic mass is 16.7. The van der Waals surface area contributed by atoms with Crippen molar-refractivity contribution in [3.8, 4) is 5.75 Å². The monoisotopic (exact) mass is 520 g/mol. The van der Waals surface area contributed by atoms with E-state index in [0.717, 1.165) is 60.3 Å². The molecule has 0 heterocycles. The largest absolute Gasteiger partial charge is 0.514 e. The molecule has 8 atom stereocenters. The Morgan fingerprint density at radius 2 is 1.84 bits per heavy atom. The van der Waals surface area contributed by atoms with Crippen LogP contribution in [0.1, 0.15) is 111 Å². The van der Waals surface area contributed by atoms with Crippen LogP contribution in [0.4, 0.5) is 4.79 Å². The van der Waals surface area contributed by atoms with Gasteiger partial charge in [-0.2, -0.15) is 0 Å². The lowest BCUT2D eigenvalue weighted by atomic mass is 9.47. The molecule has 0 amide bonds. The summed E-state index contributed by atoms with van der Waals surface area (Å²) < 4.78 is 11.3. The van der Waals surface area contributed by atoms with Crippen molar-refractivity contribution < 1.29 is 14.3 Å². The first kappa shape index (κ1) is 27.8. The summed E-state index contributed by atoms with van der Waals surface area (Å²) >= 11 is 0. The topological polar surface area (TPSA) is 35.5 Å². The molecule has 4 aliphatic carbocycles. The molecule has 3 fully saturated rings. The van der Waals surface area contributed by atoms with Crippen molar-refractivity contribution in [2.75, 3.05) is 0 Å². The number of rotatable bonds is 7. The van der Waals surface area contributed by atoms with Crippen LogP contribution in [-0.4, -0.2) is 12.3 Å². The van der Waals surface area contributed by atoms with Crippen molar-refractivity contribution in [2.24, 2.45) is 46.3 Å². The maximum Gasteiger partial charge on any atom is 0.514 e. The van der Waals surface area contributed by atoms with E-state index in [0.29, 0.717) is 11.2 Å². The van der Waals surface area contributed by atoms with Crippen molar-refractivity contribution in [3.63, 3.8) is 0 Å². The lowest BCUT2D eigenvalue weighted by Gasteiger charge is -2.58. The van der Waals surface area contributed by atoms with Gasteiger partial charge in [0.1, 0.15) is 11.9 Å². The Morgan fingerprint density at radius 3 is 2.61 bits per heavy atom. The van der Waals surface area contributed by atoms with E-state index < -0.39 is 6.16 Å². The lowest BCUT2D eigenvalue weighted by molar-refractivity contribution is -0.0597. The van der Waals surface area contributed by atoms with E-state index in [9.17, 15) is 4.79 Å². The lowest BCUT2D eigenvalue weighted by Crippen LogP contribution is -2.51. The Balaban J connectivity index is 1.22. The molecule has 38 heavy (non-hydrogen) atoms. The molecule has 1 aromatic rings. The standard InChI is InChI=1S/C35H52O3/c1-23(2)9-7-11-25(4)30-15-16-31-29-14-13-26-22-28(38-33(36)37-27-12-8-10-24(3)21-27)17-19-34(26,5)32(29)18-20-35(30,31)6/h8,10,12-13,21,23,25,28-32H,7,9,11,14-20,22H2,1-6H3/t25-,28+,29-,30+,31+,32+,34+,35-/m0/s1. The van der Waals surface area contributed by atoms with Crippen LogP contribution >= 0.6 is 0 Å². The Labute approximate surface area is 232 Å². The molecular weight excluding hydrogens is 468 g/mol. The fourth-order valence-electron chi connectivity index (χ4n) is 9.69. The number of carbonyl (C=O) groups is 1. The number of ether oxygens (including phenoxy) is 2. The van der Waals surface area contributed by atoms with Crippen LogP contribution in [0.2, 0.25) is 0 Å². The highest BCUT2D eigenvalue weighted by Gasteiger charge is 2.59. The molecule has 4 aliphatic rings. The first-order chi connectivity index (χ1) is 18.1. The second-order valence-electron chi connectivity index (χ2n) is 14.4. The SMILES string of the molecule is Cc1cccc(OC(=O)O[C@@H]2CC[C@]3(C)C(=CC[C@H]4[C@H]5CC[C@H]([C@@H](C)CCCC(C)C)[C@]5(C)CC[C@H]43)C2)c1. The van der Waals surface area contributed by atoms with Crippen LogP contribution in [0.25, 0.3) is 0 Å². The first-order valence-electron chi connectivity index (χ1n) is 15.7. The predicted molar refractivity (Wildman–Crippen MR) is 155 cm³/mol. The molecule has 3 nitrogen and oxygen atoms in total. The van der Waals surface area contributed by atoms with E-state index in [-0.39, 0.29) is 11.5 Å². The molecule has 210 valence electrons. The minimum atomic E-state index is -0.563. The summed E-state index contributed by atoms with van der Waals surface area (Å²) in [6.07, 6.45) is 16.0. The minimum absolute atomic E-state index is 0.0698. The van der Waals surface area contributed by atoms with E-state index in [4.69, 9.17) is 9.47 Å². The molecule has 3 saturated carbocycles. The first-order valence-corrected chi connectivity index (χ1v) is 15.7. The number of allylic oxidation sites excluding steroid dienone is 1. The minimum Gasteiger partial charge on any atom is -0.430 e. The number of carbonyl (C=O) groups excluding carboxylic acids is 1. The maximum atomic E-state index is 12.5. The number of hydrogen-bond donors (Lipinski definition) is 0. The summed E-state index contributed by atoms with van der Waals surface area (Å²) in [7, 11) is 0. The molecule has 5 rings (SSSR count). The van der Waals surface area contributed by atoms with Gasteiger partial charge in [-0.3, -0.25) is 0 Å².